The molecule has 0 fully saturated rings. The monoisotopic (exact) mass is 491 g/mol. The van der Waals surface area contributed by atoms with Crippen molar-refractivity contribution in [3.05, 3.63) is 123 Å². The topological polar surface area (TPSA) is 66.6 Å². The standard InChI is InChI=1S/C27H23Cl2N3O2/c1-18-15-20(19(2)32(18)25-16-23(28)13-14-24(25)29)17-30-31-26(33)27(34,21-9-5-3-6-10-21)22-11-7-4-8-12-22/h3-17,34H,1-2H3,(H,31,33)/b30-17+. The summed E-state index contributed by atoms with van der Waals surface area (Å²) in [6.45, 7) is 3.88. The molecule has 0 bridgehead atoms. The van der Waals surface area contributed by atoms with E-state index in [0.29, 0.717) is 21.2 Å². The van der Waals surface area contributed by atoms with Crippen molar-refractivity contribution >= 4 is 35.3 Å². The van der Waals surface area contributed by atoms with E-state index in [2.05, 4.69) is 10.5 Å². The van der Waals surface area contributed by atoms with Gasteiger partial charge in [-0.3, -0.25) is 4.79 Å². The van der Waals surface area contributed by atoms with Crippen molar-refractivity contribution in [2.45, 2.75) is 19.4 Å². The number of benzene rings is 3. The number of hydrogen-bond donors (Lipinski definition) is 2. The smallest absolute Gasteiger partial charge is 0.281 e. The van der Waals surface area contributed by atoms with Crippen LogP contribution in [-0.2, 0) is 10.4 Å². The fraction of sp³-hybridized carbons (Fsp3) is 0.111. The molecule has 0 aliphatic heterocycles. The van der Waals surface area contributed by atoms with E-state index in [4.69, 9.17) is 23.2 Å². The Morgan fingerprint density at radius 1 is 0.941 bits per heavy atom. The summed E-state index contributed by atoms with van der Waals surface area (Å²) in [5, 5.41) is 16.8. The Morgan fingerprint density at radius 2 is 1.53 bits per heavy atom. The van der Waals surface area contributed by atoms with Crippen molar-refractivity contribution in [1.82, 2.24) is 9.99 Å². The number of aromatic nitrogens is 1. The number of rotatable bonds is 6. The minimum absolute atomic E-state index is 0.447. The van der Waals surface area contributed by atoms with Gasteiger partial charge in [-0.1, -0.05) is 83.9 Å². The van der Waals surface area contributed by atoms with Crippen LogP contribution in [0.25, 0.3) is 5.69 Å². The van der Waals surface area contributed by atoms with Gasteiger partial charge in [0.2, 0.25) is 0 Å². The van der Waals surface area contributed by atoms with E-state index in [9.17, 15) is 9.90 Å². The molecule has 1 heterocycles. The van der Waals surface area contributed by atoms with Crippen molar-refractivity contribution in [2.75, 3.05) is 0 Å². The van der Waals surface area contributed by atoms with Gasteiger partial charge in [-0.15, -0.1) is 0 Å². The molecule has 4 rings (SSSR count). The first-order chi connectivity index (χ1) is 16.3. The quantitative estimate of drug-likeness (QED) is 0.265. The highest BCUT2D eigenvalue weighted by Gasteiger charge is 2.39. The SMILES string of the molecule is Cc1cc(/C=N/NC(=O)C(O)(c2ccccc2)c2ccccc2)c(C)n1-c1cc(Cl)ccc1Cl. The average Bonchev–Trinajstić information content (AvgIpc) is 3.13. The molecule has 2 N–H and O–H groups in total. The molecule has 7 heteroatoms. The van der Waals surface area contributed by atoms with Crippen LogP contribution >= 0.6 is 23.2 Å². The Morgan fingerprint density at radius 3 is 2.12 bits per heavy atom. The molecule has 0 aliphatic carbocycles. The third-order valence-electron chi connectivity index (χ3n) is 5.70. The number of nitrogens with zero attached hydrogens (tertiary/aromatic N) is 2. The molecule has 4 aromatic rings. The lowest BCUT2D eigenvalue weighted by molar-refractivity contribution is -0.136. The summed E-state index contributed by atoms with van der Waals surface area (Å²) in [5.74, 6) is -0.659. The van der Waals surface area contributed by atoms with Gasteiger partial charge in [0, 0.05) is 22.0 Å². The predicted molar refractivity (Wildman–Crippen MR) is 137 cm³/mol. The lowest BCUT2D eigenvalue weighted by Crippen LogP contribution is -2.43. The maximum atomic E-state index is 13.2. The molecule has 1 aromatic heterocycles. The lowest BCUT2D eigenvalue weighted by Gasteiger charge is -2.27. The molecule has 0 atom stereocenters. The molecule has 0 aliphatic rings. The Labute approximate surface area is 208 Å². The summed E-state index contributed by atoms with van der Waals surface area (Å²) >= 11 is 12.6. The van der Waals surface area contributed by atoms with Crippen LogP contribution in [0, 0.1) is 13.8 Å². The normalized spacial score (nSPS) is 11.7. The van der Waals surface area contributed by atoms with Gasteiger partial charge >= 0.3 is 0 Å². The Kier molecular flexibility index (Phi) is 6.89. The third-order valence-corrected chi connectivity index (χ3v) is 6.26. The number of nitrogens with one attached hydrogen (secondary N) is 1. The summed E-state index contributed by atoms with van der Waals surface area (Å²) in [6.07, 6.45) is 1.55. The summed E-state index contributed by atoms with van der Waals surface area (Å²) in [5.41, 5.74) is 4.86. The highest BCUT2D eigenvalue weighted by Crippen LogP contribution is 2.30. The second-order valence-electron chi connectivity index (χ2n) is 7.90. The summed E-state index contributed by atoms with van der Waals surface area (Å²) < 4.78 is 1.97. The van der Waals surface area contributed by atoms with Crippen LogP contribution in [0.3, 0.4) is 0 Å². The first-order valence-electron chi connectivity index (χ1n) is 10.6. The van der Waals surface area contributed by atoms with Crippen molar-refractivity contribution in [3.8, 4) is 5.69 Å². The molecule has 172 valence electrons. The molecule has 0 saturated heterocycles. The highest BCUT2D eigenvalue weighted by atomic mass is 35.5. The zero-order valence-electron chi connectivity index (χ0n) is 18.7. The van der Waals surface area contributed by atoms with Crippen LogP contribution in [0.2, 0.25) is 10.0 Å². The summed E-state index contributed by atoms with van der Waals surface area (Å²) in [6, 6.07) is 24.8. The maximum Gasteiger partial charge on any atom is 0.281 e. The molecule has 0 spiro atoms. The van der Waals surface area contributed by atoms with E-state index in [1.165, 1.54) is 0 Å². The Balaban J connectivity index is 1.63. The number of aliphatic hydroxyl groups is 1. The number of aryl methyl sites for hydroxylation is 1. The maximum absolute atomic E-state index is 13.2. The van der Waals surface area contributed by atoms with Gasteiger partial charge in [-0.2, -0.15) is 5.10 Å². The molecule has 1 amide bonds. The van der Waals surface area contributed by atoms with Crippen LogP contribution < -0.4 is 5.43 Å². The third kappa shape index (κ3) is 4.50. The van der Waals surface area contributed by atoms with Gasteiger partial charge < -0.3 is 9.67 Å². The zero-order valence-corrected chi connectivity index (χ0v) is 20.2. The van der Waals surface area contributed by atoms with Gasteiger partial charge in [-0.25, -0.2) is 5.43 Å². The molecular weight excluding hydrogens is 469 g/mol. The minimum atomic E-state index is -1.90. The van der Waals surface area contributed by atoms with E-state index in [1.807, 2.05) is 36.6 Å². The predicted octanol–water partition coefficient (Wildman–Crippen LogP) is 5.79. The minimum Gasteiger partial charge on any atom is -0.372 e. The van der Waals surface area contributed by atoms with Crippen molar-refractivity contribution in [3.63, 3.8) is 0 Å². The van der Waals surface area contributed by atoms with Gasteiger partial charge in [0.1, 0.15) is 0 Å². The Bertz CT molecular complexity index is 1310. The van der Waals surface area contributed by atoms with Crippen LogP contribution in [-0.4, -0.2) is 21.8 Å². The van der Waals surface area contributed by atoms with E-state index < -0.39 is 11.5 Å². The molecule has 0 unspecified atom stereocenters. The number of hydrogen-bond acceptors (Lipinski definition) is 3. The van der Waals surface area contributed by atoms with E-state index in [1.54, 1.807) is 72.9 Å². The number of amides is 1. The van der Waals surface area contributed by atoms with Gasteiger partial charge in [0.05, 0.1) is 16.9 Å². The lowest BCUT2D eigenvalue weighted by atomic mass is 9.85. The van der Waals surface area contributed by atoms with Crippen molar-refractivity contribution in [1.29, 1.82) is 0 Å². The number of halogens is 2. The molecule has 0 radical (unpaired) electrons. The second kappa shape index (κ2) is 9.85. The summed E-state index contributed by atoms with van der Waals surface area (Å²) in [7, 11) is 0. The molecule has 34 heavy (non-hydrogen) atoms. The number of hydrazone groups is 1. The van der Waals surface area contributed by atoms with Crippen LogP contribution in [0.4, 0.5) is 0 Å². The highest BCUT2D eigenvalue weighted by molar-refractivity contribution is 6.34. The van der Waals surface area contributed by atoms with E-state index in [-0.39, 0.29) is 0 Å². The first-order valence-corrected chi connectivity index (χ1v) is 11.4. The van der Waals surface area contributed by atoms with Gasteiger partial charge in [-0.05, 0) is 49.2 Å². The molecular formula is C27H23Cl2N3O2. The molecule has 0 saturated carbocycles. The fourth-order valence-electron chi connectivity index (χ4n) is 3.98. The second-order valence-corrected chi connectivity index (χ2v) is 8.74. The van der Waals surface area contributed by atoms with Crippen molar-refractivity contribution in [2.24, 2.45) is 5.10 Å². The number of carbonyl (C=O) groups excluding carboxylic acids is 1. The molecule has 3 aromatic carbocycles. The Hall–Kier alpha value is -3.38. The number of carbonyl (C=O) groups is 1. The van der Waals surface area contributed by atoms with E-state index in [0.717, 1.165) is 22.6 Å². The average molecular weight is 492 g/mol. The van der Waals surface area contributed by atoms with Crippen LogP contribution in [0.5, 0.6) is 0 Å². The first kappa shape index (κ1) is 23.8. The summed E-state index contributed by atoms with van der Waals surface area (Å²) in [4.78, 5) is 13.2. The largest absolute Gasteiger partial charge is 0.372 e. The fourth-order valence-corrected chi connectivity index (χ4v) is 4.34. The van der Waals surface area contributed by atoms with Crippen molar-refractivity contribution < 1.29 is 9.90 Å². The molecule has 5 nitrogen and oxygen atoms in total. The van der Waals surface area contributed by atoms with Gasteiger partial charge in [0.15, 0.2) is 5.60 Å². The van der Waals surface area contributed by atoms with Gasteiger partial charge in [0.25, 0.3) is 5.91 Å². The van der Waals surface area contributed by atoms with Crippen LogP contribution in [0.1, 0.15) is 28.1 Å². The van der Waals surface area contributed by atoms with E-state index >= 15 is 0 Å². The van der Waals surface area contributed by atoms with Crippen LogP contribution in [0.15, 0.2) is 90.0 Å². The zero-order chi connectivity index (χ0) is 24.3.